The summed E-state index contributed by atoms with van der Waals surface area (Å²) in [6.45, 7) is 0. The number of guanidine groups is 1. The van der Waals surface area contributed by atoms with Crippen LogP contribution in [0.5, 0.6) is 5.75 Å². The molecule has 0 bridgehead atoms. The minimum absolute atomic E-state index is 0.00280. The summed E-state index contributed by atoms with van der Waals surface area (Å²) in [6, 6.07) is 4.06. The Bertz CT molecular complexity index is 1040. The summed E-state index contributed by atoms with van der Waals surface area (Å²) in [4.78, 5) is 8.49. The molecule has 1 unspecified atom stereocenters. The number of hydrogen-bond donors (Lipinski definition) is 5. The van der Waals surface area contributed by atoms with Crippen molar-refractivity contribution in [3.05, 3.63) is 38.3 Å². The summed E-state index contributed by atoms with van der Waals surface area (Å²) >= 11 is 9.32. The van der Waals surface area contributed by atoms with Crippen molar-refractivity contribution in [2.75, 3.05) is 16.8 Å². The highest BCUT2D eigenvalue weighted by atomic mass is 79.9. The third-order valence-electron chi connectivity index (χ3n) is 3.71. The minimum atomic E-state index is -0.878. The van der Waals surface area contributed by atoms with E-state index in [1.165, 1.54) is 12.1 Å². The zero-order valence-corrected chi connectivity index (χ0v) is 15.2. The van der Waals surface area contributed by atoms with E-state index in [1.54, 1.807) is 6.19 Å². The molecule has 0 amide bonds. The summed E-state index contributed by atoms with van der Waals surface area (Å²) in [5, 5.41) is 34.1. The predicted octanol–water partition coefficient (Wildman–Crippen LogP) is 2.18. The van der Waals surface area contributed by atoms with Crippen LogP contribution < -0.4 is 22.1 Å². The van der Waals surface area contributed by atoms with Crippen LogP contribution >= 0.6 is 27.5 Å². The molecule has 2 aromatic rings. The lowest BCUT2D eigenvalue weighted by Gasteiger charge is -2.26. The van der Waals surface area contributed by atoms with Crippen molar-refractivity contribution in [2.45, 2.75) is 6.04 Å². The van der Waals surface area contributed by atoms with Gasteiger partial charge >= 0.3 is 0 Å². The molecule has 1 aliphatic heterocycles. The molecule has 130 valence electrons. The van der Waals surface area contributed by atoms with E-state index >= 15 is 0 Å². The molecular formula is C15H10BrClN8O. The smallest absolute Gasteiger partial charge is 0.211 e. The summed E-state index contributed by atoms with van der Waals surface area (Å²) in [5.74, 6) is 0.121. The number of fused-ring (bicyclic) bond motifs is 1. The van der Waals surface area contributed by atoms with Gasteiger partial charge in [0.1, 0.15) is 35.1 Å². The van der Waals surface area contributed by atoms with Crippen LogP contribution in [0.2, 0.25) is 5.02 Å². The van der Waals surface area contributed by atoms with E-state index in [4.69, 9.17) is 28.3 Å². The fourth-order valence-corrected chi connectivity index (χ4v) is 3.43. The van der Waals surface area contributed by atoms with Crippen LogP contribution in [0.1, 0.15) is 22.7 Å². The highest BCUT2D eigenvalue weighted by Crippen LogP contribution is 2.45. The number of anilines is 3. The maximum atomic E-state index is 10.5. The fourth-order valence-electron chi connectivity index (χ4n) is 2.60. The molecule has 11 heteroatoms. The maximum absolute atomic E-state index is 10.5. The first-order valence-corrected chi connectivity index (χ1v) is 8.21. The standard InChI is InChI=1S/C15H10BrClN8O/c16-8-2-5(17)1-6(12(8)26)11-9-10(20)7(3-18)13(21)24-14(9)25-15(23-11)22-4-19/h1-2,11,26H,(H6,20,21,22,23,24,25). The highest BCUT2D eigenvalue weighted by molar-refractivity contribution is 9.10. The van der Waals surface area contributed by atoms with Gasteiger partial charge in [0.2, 0.25) is 5.96 Å². The quantitative estimate of drug-likeness (QED) is 0.336. The number of hydrogen-bond acceptors (Lipinski definition) is 9. The molecule has 0 saturated carbocycles. The zero-order chi connectivity index (χ0) is 19.0. The van der Waals surface area contributed by atoms with Gasteiger partial charge < -0.3 is 21.9 Å². The fraction of sp³-hybridized carbons (Fsp3) is 0.0667. The molecule has 1 aromatic heterocycles. The molecule has 0 radical (unpaired) electrons. The number of aromatic nitrogens is 1. The number of nitrogens with zero attached hydrogens (tertiary/aromatic N) is 4. The molecule has 1 aliphatic rings. The van der Waals surface area contributed by atoms with E-state index in [9.17, 15) is 10.4 Å². The van der Waals surface area contributed by atoms with E-state index in [-0.39, 0.29) is 34.6 Å². The van der Waals surface area contributed by atoms with E-state index in [0.717, 1.165) is 0 Å². The molecule has 0 saturated heterocycles. The minimum Gasteiger partial charge on any atom is -0.506 e. The van der Waals surface area contributed by atoms with Crippen LogP contribution in [0.25, 0.3) is 0 Å². The molecular weight excluding hydrogens is 424 g/mol. The number of pyridine rings is 1. The Balaban J connectivity index is 2.32. The molecule has 0 spiro atoms. The SMILES string of the molecule is N#CNC1=NC(c2cc(Cl)cc(Br)c2O)c2c(nc(N)c(C#N)c2N)N1. The van der Waals surface area contributed by atoms with Crippen molar-refractivity contribution in [1.29, 1.82) is 10.5 Å². The van der Waals surface area contributed by atoms with Gasteiger partial charge in [0.25, 0.3) is 0 Å². The predicted molar refractivity (Wildman–Crippen MR) is 100 cm³/mol. The van der Waals surface area contributed by atoms with Crippen molar-refractivity contribution in [1.82, 2.24) is 10.3 Å². The number of phenolic OH excluding ortho intramolecular Hbond substituents is 1. The maximum Gasteiger partial charge on any atom is 0.211 e. The number of rotatable bonds is 1. The average Bonchev–Trinajstić information content (AvgIpc) is 2.58. The van der Waals surface area contributed by atoms with Crippen molar-refractivity contribution in [3.63, 3.8) is 0 Å². The number of nitrogens with two attached hydrogens (primary N) is 2. The summed E-state index contributed by atoms with van der Waals surface area (Å²) in [6.07, 6.45) is 1.75. The van der Waals surface area contributed by atoms with Crippen molar-refractivity contribution < 1.29 is 5.11 Å². The topological polar surface area (TPSA) is 169 Å². The Hall–Kier alpha value is -3.21. The second kappa shape index (κ2) is 6.59. The number of aromatic hydroxyl groups is 1. The molecule has 1 aromatic carbocycles. The molecule has 0 aliphatic carbocycles. The van der Waals surface area contributed by atoms with Crippen molar-refractivity contribution in [3.8, 4) is 18.0 Å². The van der Waals surface area contributed by atoms with Crippen molar-refractivity contribution in [2.24, 2.45) is 4.99 Å². The number of nitrogens with one attached hydrogen (secondary N) is 2. The summed E-state index contributed by atoms with van der Waals surface area (Å²) < 4.78 is 0.354. The van der Waals surface area contributed by atoms with Gasteiger partial charge in [0.15, 0.2) is 6.19 Å². The molecule has 7 N–H and O–H groups in total. The van der Waals surface area contributed by atoms with Crippen LogP contribution in [0.4, 0.5) is 17.3 Å². The number of phenols is 1. The molecule has 3 rings (SSSR count). The highest BCUT2D eigenvalue weighted by Gasteiger charge is 2.31. The second-order valence-corrected chi connectivity index (χ2v) is 6.52. The van der Waals surface area contributed by atoms with Gasteiger partial charge in [-0.2, -0.15) is 10.5 Å². The second-order valence-electron chi connectivity index (χ2n) is 5.23. The number of benzene rings is 1. The first kappa shape index (κ1) is 17.6. The van der Waals surface area contributed by atoms with Crippen LogP contribution in [0.15, 0.2) is 21.6 Å². The van der Waals surface area contributed by atoms with E-state index in [1.807, 2.05) is 6.07 Å². The number of aliphatic imine (C=N–C) groups is 1. The summed E-state index contributed by atoms with van der Waals surface area (Å²) in [5.41, 5.74) is 12.6. The lowest BCUT2D eigenvalue weighted by molar-refractivity contribution is 0.462. The van der Waals surface area contributed by atoms with Crippen LogP contribution in [0, 0.1) is 22.8 Å². The average molecular weight is 434 g/mol. The molecule has 26 heavy (non-hydrogen) atoms. The van der Waals surface area contributed by atoms with E-state index in [0.29, 0.717) is 20.6 Å². The Morgan fingerprint density at radius 1 is 1.35 bits per heavy atom. The zero-order valence-electron chi connectivity index (χ0n) is 12.9. The number of nitrogen functional groups attached to an aromatic ring is 2. The normalized spacial score (nSPS) is 15.1. The van der Waals surface area contributed by atoms with Crippen LogP contribution in [-0.2, 0) is 0 Å². The van der Waals surface area contributed by atoms with Gasteiger partial charge in [-0.05, 0) is 28.1 Å². The van der Waals surface area contributed by atoms with Gasteiger partial charge in [0, 0.05) is 16.1 Å². The van der Waals surface area contributed by atoms with Crippen LogP contribution in [-0.4, -0.2) is 16.1 Å². The third-order valence-corrected chi connectivity index (χ3v) is 4.53. The summed E-state index contributed by atoms with van der Waals surface area (Å²) in [7, 11) is 0. The lowest BCUT2D eigenvalue weighted by Crippen LogP contribution is -2.32. The molecule has 1 atom stereocenters. The van der Waals surface area contributed by atoms with Gasteiger partial charge in [-0.15, -0.1) is 0 Å². The Morgan fingerprint density at radius 2 is 2.08 bits per heavy atom. The molecule has 0 fully saturated rings. The third kappa shape index (κ3) is 2.81. The number of halogens is 2. The Labute approximate surface area is 161 Å². The van der Waals surface area contributed by atoms with Gasteiger partial charge in [-0.25, -0.2) is 9.98 Å². The Morgan fingerprint density at radius 3 is 2.73 bits per heavy atom. The molecule has 9 nitrogen and oxygen atoms in total. The first-order valence-electron chi connectivity index (χ1n) is 7.04. The first-order chi connectivity index (χ1) is 12.4. The van der Waals surface area contributed by atoms with Gasteiger partial charge in [0.05, 0.1) is 10.2 Å². The molecule has 2 heterocycles. The van der Waals surface area contributed by atoms with Gasteiger partial charge in [-0.3, -0.25) is 5.32 Å². The Kier molecular flexibility index (Phi) is 4.47. The lowest BCUT2D eigenvalue weighted by atomic mass is 9.94. The number of nitriles is 2. The monoisotopic (exact) mass is 432 g/mol. The van der Waals surface area contributed by atoms with Crippen LogP contribution in [0.3, 0.4) is 0 Å². The largest absolute Gasteiger partial charge is 0.506 e. The van der Waals surface area contributed by atoms with E-state index < -0.39 is 6.04 Å². The van der Waals surface area contributed by atoms with Gasteiger partial charge in [-0.1, -0.05) is 11.6 Å². The van der Waals surface area contributed by atoms with E-state index in [2.05, 4.69) is 36.5 Å². The van der Waals surface area contributed by atoms with Crippen molar-refractivity contribution >= 4 is 50.8 Å².